The molecule has 1 atom stereocenters. The number of carbonyl (C=O) groups is 2. The number of hydrogen-bond donors (Lipinski definition) is 0. The van der Waals surface area contributed by atoms with Crippen molar-refractivity contribution in [2.45, 2.75) is 20.0 Å². The summed E-state index contributed by atoms with van der Waals surface area (Å²) in [5, 5.41) is 0.156. The molecule has 2 aromatic rings. The third-order valence-electron chi connectivity index (χ3n) is 2.94. The maximum absolute atomic E-state index is 12.0. The first-order valence-electron chi connectivity index (χ1n) is 7.34. The number of nitrogens with zero attached hydrogens (tertiary/aromatic N) is 1. The molecule has 0 bridgehead atoms. The second-order valence-corrected chi connectivity index (χ2v) is 6.40. The van der Waals surface area contributed by atoms with Crippen molar-refractivity contribution in [3.05, 3.63) is 44.9 Å². The third kappa shape index (κ3) is 5.32. The van der Waals surface area contributed by atoms with Crippen LogP contribution in [-0.4, -0.2) is 35.6 Å². The standard InChI is InChI=1S/C16H15Cl2NO5S/c1-3-22-15(20)10-4-6-11(7-5-10)23-8-9(2)24-16(21)13-12(17)14(18)19-25-13/h4-7,9H,3,8H2,1-2H3. The van der Waals surface area contributed by atoms with Crippen LogP contribution in [0.15, 0.2) is 24.3 Å². The fourth-order valence-electron chi connectivity index (χ4n) is 1.77. The molecule has 0 spiro atoms. The summed E-state index contributed by atoms with van der Waals surface area (Å²) in [7, 11) is 0. The van der Waals surface area contributed by atoms with Gasteiger partial charge in [0.2, 0.25) is 0 Å². The van der Waals surface area contributed by atoms with Gasteiger partial charge in [0, 0.05) is 0 Å². The molecule has 1 unspecified atom stereocenters. The minimum atomic E-state index is -0.608. The van der Waals surface area contributed by atoms with Gasteiger partial charge in [0.15, 0.2) is 10.0 Å². The summed E-state index contributed by atoms with van der Waals surface area (Å²) in [6.45, 7) is 3.87. The second kappa shape index (κ2) is 9.03. The van der Waals surface area contributed by atoms with Crippen LogP contribution in [0.4, 0.5) is 0 Å². The summed E-state index contributed by atoms with van der Waals surface area (Å²) in [6, 6.07) is 6.48. The predicted octanol–water partition coefficient (Wildman–Crippen LogP) is 4.25. The fraction of sp³-hybridized carbons (Fsp3) is 0.312. The lowest BCUT2D eigenvalue weighted by Gasteiger charge is -2.14. The van der Waals surface area contributed by atoms with E-state index < -0.39 is 18.0 Å². The van der Waals surface area contributed by atoms with Gasteiger partial charge in [-0.1, -0.05) is 23.2 Å². The molecule has 1 heterocycles. The molecule has 2 rings (SSSR count). The van der Waals surface area contributed by atoms with Crippen LogP contribution < -0.4 is 4.74 Å². The van der Waals surface area contributed by atoms with Gasteiger partial charge in [0.1, 0.15) is 23.5 Å². The SMILES string of the molecule is CCOC(=O)c1ccc(OCC(C)OC(=O)c2snc(Cl)c2Cl)cc1. The normalized spacial score (nSPS) is 11.7. The molecular weight excluding hydrogens is 389 g/mol. The molecule has 0 fully saturated rings. The van der Waals surface area contributed by atoms with E-state index in [0.717, 1.165) is 11.5 Å². The van der Waals surface area contributed by atoms with Gasteiger partial charge in [-0.3, -0.25) is 0 Å². The number of rotatable bonds is 7. The molecule has 0 aliphatic rings. The Bertz CT molecular complexity index is 747. The van der Waals surface area contributed by atoms with Gasteiger partial charge in [0.25, 0.3) is 0 Å². The second-order valence-electron chi connectivity index (χ2n) is 4.89. The minimum absolute atomic E-state index is 0.0733. The molecule has 0 saturated carbocycles. The summed E-state index contributed by atoms with van der Waals surface area (Å²) in [4.78, 5) is 23.7. The number of benzene rings is 1. The van der Waals surface area contributed by atoms with Crippen LogP contribution in [0.2, 0.25) is 10.2 Å². The highest BCUT2D eigenvalue weighted by Crippen LogP contribution is 2.29. The van der Waals surface area contributed by atoms with Crippen molar-refractivity contribution in [1.29, 1.82) is 0 Å². The highest BCUT2D eigenvalue weighted by Gasteiger charge is 2.21. The molecular formula is C16H15Cl2NO5S. The lowest BCUT2D eigenvalue weighted by atomic mass is 10.2. The van der Waals surface area contributed by atoms with E-state index in [1.807, 2.05) is 0 Å². The first-order valence-corrected chi connectivity index (χ1v) is 8.87. The Labute approximate surface area is 158 Å². The summed E-state index contributed by atoms with van der Waals surface area (Å²) in [6.07, 6.45) is -0.519. The van der Waals surface area contributed by atoms with Gasteiger partial charge < -0.3 is 14.2 Å². The molecule has 0 aliphatic heterocycles. The zero-order valence-electron chi connectivity index (χ0n) is 13.5. The number of halogens is 2. The maximum Gasteiger partial charge on any atom is 0.351 e. The molecule has 0 saturated heterocycles. The van der Waals surface area contributed by atoms with Crippen LogP contribution >= 0.6 is 34.7 Å². The maximum atomic E-state index is 12.0. The van der Waals surface area contributed by atoms with E-state index in [1.54, 1.807) is 38.1 Å². The highest BCUT2D eigenvalue weighted by molar-refractivity contribution is 7.09. The molecule has 1 aromatic carbocycles. The first kappa shape index (κ1) is 19.5. The lowest BCUT2D eigenvalue weighted by molar-refractivity contribution is 0.0234. The Kier molecular flexibility index (Phi) is 7.04. The number of ether oxygens (including phenoxy) is 3. The van der Waals surface area contributed by atoms with Gasteiger partial charge in [-0.15, -0.1) is 0 Å². The number of esters is 2. The Morgan fingerprint density at radius 1 is 1.20 bits per heavy atom. The van der Waals surface area contributed by atoms with Crippen LogP contribution in [0.25, 0.3) is 0 Å². The zero-order valence-corrected chi connectivity index (χ0v) is 15.8. The number of carbonyl (C=O) groups excluding carboxylic acids is 2. The Balaban J connectivity index is 1.85. The largest absolute Gasteiger partial charge is 0.490 e. The van der Waals surface area contributed by atoms with E-state index in [4.69, 9.17) is 37.4 Å². The fourth-order valence-corrected chi connectivity index (χ4v) is 2.86. The van der Waals surface area contributed by atoms with Crippen molar-refractivity contribution in [2.24, 2.45) is 0 Å². The van der Waals surface area contributed by atoms with Gasteiger partial charge in [-0.25, -0.2) is 9.59 Å². The minimum Gasteiger partial charge on any atom is -0.490 e. The quantitative estimate of drug-likeness (QED) is 0.643. The van der Waals surface area contributed by atoms with Crippen LogP contribution in [0.3, 0.4) is 0 Å². The van der Waals surface area contributed by atoms with Gasteiger partial charge in [-0.05, 0) is 49.6 Å². The van der Waals surface area contributed by atoms with Crippen molar-refractivity contribution in [2.75, 3.05) is 13.2 Å². The smallest absolute Gasteiger partial charge is 0.351 e. The Hall–Kier alpha value is -1.83. The summed E-state index contributed by atoms with van der Waals surface area (Å²) in [5.74, 6) is -0.464. The van der Waals surface area contributed by atoms with Crippen molar-refractivity contribution < 1.29 is 23.8 Å². The van der Waals surface area contributed by atoms with Crippen molar-refractivity contribution in [3.63, 3.8) is 0 Å². The van der Waals surface area contributed by atoms with E-state index in [-0.39, 0.29) is 21.7 Å². The van der Waals surface area contributed by atoms with Crippen LogP contribution in [0.1, 0.15) is 33.9 Å². The lowest BCUT2D eigenvalue weighted by Crippen LogP contribution is -2.21. The average Bonchev–Trinajstić information content (AvgIpc) is 2.93. The molecule has 134 valence electrons. The van der Waals surface area contributed by atoms with Crippen molar-refractivity contribution >= 4 is 46.7 Å². The summed E-state index contributed by atoms with van der Waals surface area (Å²) < 4.78 is 19.5. The van der Waals surface area contributed by atoms with E-state index in [9.17, 15) is 9.59 Å². The Morgan fingerprint density at radius 3 is 2.44 bits per heavy atom. The van der Waals surface area contributed by atoms with Gasteiger partial charge in [0.05, 0.1) is 12.2 Å². The van der Waals surface area contributed by atoms with Crippen LogP contribution in [0, 0.1) is 0 Å². The summed E-state index contributed by atoms with van der Waals surface area (Å²) >= 11 is 12.5. The van der Waals surface area contributed by atoms with Crippen LogP contribution in [0.5, 0.6) is 5.75 Å². The predicted molar refractivity (Wildman–Crippen MR) is 94.9 cm³/mol. The topological polar surface area (TPSA) is 74.7 Å². The average molecular weight is 404 g/mol. The van der Waals surface area contributed by atoms with Crippen molar-refractivity contribution in [1.82, 2.24) is 4.37 Å². The highest BCUT2D eigenvalue weighted by atomic mass is 35.5. The van der Waals surface area contributed by atoms with Crippen LogP contribution in [-0.2, 0) is 9.47 Å². The van der Waals surface area contributed by atoms with Crippen molar-refractivity contribution in [3.8, 4) is 5.75 Å². The third-order valence-corrected chi connectivity index (χ3v) is 4.72. The molecule has 1 aromatic heterocycles. The molecule has 0 aliphatic carbocycles. The number of aromatic nitrogens is 1. The number of hydrogen-bond acceptors (Lipinski definition) is 7. The van der Waals surface area contributed by atoms with Gasteiger partial charge >= 0.3 is 11.9 Å². The molecule has 0 N–H and O–H groups in total. The molecule has 9 heteroatoms. The molecule has 0 radical (unpaired) electrons. The summed E-state index contributed by atoms with van der Waals surface area (Å²) in [5.41, 5.74) is 0.436. The van der Waals surface area contributed by atoms with E-state index in [0.29, 0.717) is 17.9 Å². The molecule has 0 amide bonds. The van der Waals surface area contributed by atoms with E-state index >= 15 is 0 Å². The van der Waals surface area contributed by atoms with E-state index in [1.165, 1.54) is 0 Å². The van der Waals surface area contributed by atoms with Gasteiger partial charge in [-0.2, -0.15) is 4.37 Å². The Morgan fingerprint density at radius 2 is 1.88 bits per heavy atom. The monoisotopic (exact) mass is 403 g/mol. The molecule has 6 nitrogen and oxygen atoms in total. The zero-order chi connectivity index (χ0) is 18.4. The molecule has 25 heavy (non-hydrogen) atoms. The first-order chi connectivity index (χ1) is 11.9. The van der Waals surface area contributed by atoms with E-state index in [2.05, 4.69) is 4.37 Å².